The molecule has 0 N–H and O–H groups in total. The standard InChI is InChI=1S/C51H31N3S2/c1-4-14-32(15-5-1)35-20-12-21-36(30-35)50-52-49(34-18-8-3-9-19-34)53-51(54-50)37-26-27-39-41-23-13-24-42(47(41)56-45(39)31-37)40-29-28-38(33-16-6-2-7-17-33)48-46(40)43-22-10-11-25-44(43)55-48/h1-31H. The molecule has 0 aliphatic heterocycles. The Morgan fingerprint density at radius 1 is 0.286 bits per heavy atom. The lowest BCUT2D eigenvalue weighted by molar-refractivity contribution is 1.07. The molecule has 0 bridgehead atoms. The van der Waals surface area contributed by atoms with Gasteiger partial charge in [-0.1, -0.05) is 170 Å². The van der Waals surface area contributed by atoms with E-state index < -0.39 is 0 Å². The molecule has 5 heteroatoms. The van der Waals surface area contributed by atoms with Crippen LogP contribution in [0.15, 0.2) is 188 Å². The zero-order valence-electron chi connectivity index (χ0n) is 30.1. The molecule has 0 saturated carbocycles. The Hall–Kier alpha value is -6.79. The van der Waals surface area contributed by atoms with Crippen molar-refractivity contribution in [3.8, 4) is 67.5 Å². The molecule has 0 aliphatic rings. The van der Waals surface area contributed by atoms with E-state index in [1.807, 2.05) is 46.9 Å². The number of benzene rings is 8. The SMILES string of the molecule is c1ccc(-c2cccc(-c3nc(-c4ccccc4)nc(-c4ccc5c(c4)sc4c(-c6ccc(-c7ccccc7)c7sc8ccccc8c67)cccc45)n3)c2)cc1. The van der Waals surface area contributed by atoms with E-state index in [2.05, 4.69) is 164 Å². The molecule has 3 aromatic heterocycles. The summed E-state index contributed by atoms with van der Waals surface area (Å²) in [6, 6.07) is 66.7. The molecule has 3 heterocycles. The average Bonchev–Trinajstić information content (AvgIpc) is 3.86. The zero-order valence-corrected chi connectivity index (χ0v) is 31.7. The fourth-order valence-electron chi connectivity index (χ4n) is 7.87. The first-order chi connectivity index (χ1) is 27.7. The maximum atomic E-state index is 5.13. The molecule has 262 valence electrons. The third-order valence-electron chi connectivity index (χ3n) is 10.6. The van der Waals surface area contributed by atoms with Gasteiger partial charge in [-0.25, -0.2) is 15.0 Å². The minimum atomic E-state index is 0.649. The first-order valence-corrected chi connectivity index (χ1v) is 20.3. The predicted molar refractivity (Wildman–Crippen MR) is 238 cm³/mol. The molecule has 11 rings (SSSR count). The van der Waals surface area contributed by atoms with Crippen LogP contribution in [0.1, 0.15) is 0 Å². The predicted octanol–water partition coefficient (Wildman–Crippen LogP) is 14.6. The van der Waals surface area contributed by atoms with E-state index in [1.54, 1.807) is 0 Å². The molecule has 0 aliphatic carbocycles. The highest BCUT2D eigenvalue weighted by Gasteiger charge is 2.19. The highest BCUT2D eigenvalue weighted by Crippen LogP contribution is 2.48. The van der Waals surface area contributed by atoms with E-state index >= 15 is 0 Å². The number of fused-ring (bicyclic) bond motifs is 6. The summed E-state index contributed by atoms with van der Waals surface area (Å²) < 4.78 is 5.11. The summed E-state index contributed by atoms with van der Waals surface area (Å²) in [5.41, 5.74) is 10.2. The number of thiophene rings is 2. The smallest absolute Gasteiger partial charge is 0.164 e. The number of rotatable bonds is 6. The molecule has 0 atom stereocenters. The van der Waals surface area contributed by atoms with E-state index in [9.17, 15) is 0 Å². The number of nitrogens with zero attached hydrogens (tertiary/aromatic N) is 3. The van der Waals surface area contributed by atoms with Gasteiger partial charge in [-0.15, -0.1) is 22.7 Å². The molecule has 0 fully saturated rings. The summed E-state index contributed by atoms with van der Waals surface area (Å²) in [5.74, 6) is 1.96. The van der Waals surface area contributed by atoms with Gasteiger partial charge in [-0.3, -0.25) is 0 Å². The largest absolute Gasteiger partial charge is 0.208 e. The van der Waals surface area contributed by atoms with Gasteiger partial charge in [0.25, 0.3) is 0 Å². The van der Waals surface area contributed by atoms with Gasteiger partial charge in [0, 0.05) is 62.6 Å². The van der Waals surface area contributed by atoms with Crippen molar-refractivity contribution in [2.75, 3.05) is 0 Å². The van der Waals surface area contributed by atoms with Crippen molar-refractivity contribution in [3.63, 3.8) is 0 Å². The monoisotopic (exact) mass is 749 g/mol. The Labute approximate surface area is 331 Å². The minimum absolute atomic E-state index is 0.649. The van der Waals surface area contributed by atoms with Crippen molar-refractivity contribution in [1.82, 2.24) is 15.0 Å². The van der Waals surface area contributed by atoms with Crippen LogP contribution in [0.2, 0.25) is 0 Å². The summed E-state index contributed by atoms with van der Waals surface area (Å²) in [7, 11) is 0. The van der Waals surface area contributed by atoms with Crippen LogP contribution < -0.4 is 0 Å². The number of hydrogen-bond acceptors (Lipinski definition) is 5. The van der Waals surface area contributed by atoms with Crippen LogP contribution in [-0.2, 0) is 0 Å². The second kappa shape index (κ2) is 13.5. The van der Waals surface area contributed by atoms with Gasteiger partial charge in [-0.2, -0.15) is 0 Å². The molecule has 0 unspecified atom stereocenters. The van der Waals surface area contributed by atoms with Gasteiger partial charge in [0.15, 0.2) is 17.5 Å². The third kappa shape index (κ3) is 5.60. The first-order valence-electron chi connectivity index (χ1n) is 18.7. The van der Waals surface area contributed by atoms with Crippen molar-refractivity contribution in [2.45, 2.75) is 0 Å². The van der Waals surface area contributed by atoms with Crippen LogP contribution in [0, 0.1) is 0 Å². The van der Waals surface area contributed by atoms with Crippen LogP contribution in [0.5, 0.6) is 0 Å². The van der Waals surface area contributed by atoms with Gasteiger partial charge in [0.1, 0.15) is 0 Å². The van der Waals surface area contributed by atoms with Gasteiger partial charge >= 0.3 is 0 Å². The Kier molecular flexibility index (Phi) is 7.87. The van der Waals surface area contributed by atoms with Gasteiger partial charge < -0.3 is 0 Å². The number of hydrogen-bond donors (Lipinski definition) is 0. The molecule has 0 radical (unpaired) electrons. The average molecular weight is 750 g/mol. The number of aromatic nitrogens is 3. The van der Waals surface area contributed by atoms with Crippen molar-refractivity contribution in [1.29, 1.82) is 0 Å². The van der Waals surface area contributed by atoms with Gasteiger partial charge in [0.05, 0.1) is 0 Å². The van der Waals surface area contributed by atoms with Crippen LogP contribution in [0.3, 0.4) is 0 Å². The van der Waals surface area contributed by atoms with Crippen molar-refractivity contribution in [2.24, 2.45) is 0 Å². The quantitative estimate of drug-likeness (QED) is 0.170. The van der Waals surface area contributed by atoms with Crippen molar-refractivity contribution < 1.29 is 0 Å². The Bertz CT molecular complexity index is 3240. The lowest BCUT2D eigenvalue weighted by Crippen LogP contribution is -2.00. The summed E-state index contributed by atoms with van der Waals surface area (Å²) >= 11 is 3.73. The lowest BCUT2D eigenvalue weighted by atomic mass is 9.94. The third-order valence-corrected chi connectivity index (χ3v) is 13.0. The van der Waals surface area contributed by atoms with E-state index in [1.165, 1.54) is 62.6 Å². The summed E-state index contributed by atoms with van der Waals surface area (Å²) in [6.07, 6.45) is 0. The Balaban J connectivity index is 1.07. The van der Waals surface area contributed by atoms with E-state index in [0.29, 0.717) is 17.5 Å². The van der Waals surface area contributed by atoms with E-state index in [-0.39, 0.29) is 0 Å². The fourth-order valence-corrected chi connectivity index (χ4v) is 10.4. The summed E-state index contributed by atoms with van der Waals surface area (Å²) in [5, 5.41) is 5.11. The maximum Gasteiger partial charge on any atom is 0.164 e. The molecular formula is C51H31N3S2. The van der Waals surface area contributed by atoms with Gasteiger partial charge in [-0.05, 0) is 46.0 Å². The minimum Gasteiger partial charge on any atom is -0.208 e. The topological polar surface area (TPSA) is 38.7 Å². The van der Waals surface area contributed by atoms with Crippen LogP contribution in [0.4, 0.5) is 0 Å². The van der Waals surface area contributed by atoms with Crippen LogP contribution >= 0.6 is 22.7 Å². The molecule has 0 saturated heterocycles. The Morgan fingerprint density at radius 2 is 0.839 bits per heavy atom. The zero-order chi connectivity index (χ0) is 37.0. The summed E-state index contributed by atoms with van der Waals surface area (Å²) in [6.45, 7) is 0. The molecule has 3 nitrogen and oxygen atoms in total. The maximum absolute atomic E-state index is 5.13. The molecule has 11 aromatic rings. The van der Waals surface area contributed by atoms with Crippen LogP contribution in [-0.4, -0.2) is 15.0 Å². The van der Waals surface area contributed by atoms with Gasteiger partial charge in [0.2, 0.25) is 0 Å². The normalized spacial score (nSPS) is 11.6. The van der Waals surface area contributed by atoms with E-state index in [0.717, 1.165) is 27.8 Å². The lowest BCUT2D eigenvalue weighted by Gasteiger charge is -2.10. The molecule has 8 aromatic carbocycles. The molecular weight excluding hydrogens is 719 g/mol. The first kappa shape index (κ1) is 32.6. The van der Waals surface area contributed by atoms with Crippen molar-refractivity contribution >= 4 is 63.0 Å². The highest BCUT2D eigenvalue weighted by atomic mass is 32.1. The molecule has 56 heavy (non-hydrogen) atoms. The second-order valence-electron chi connectivity index (χ2n) is 13.9. The summed E-state index contributed by atoms with van der Waals surface area (Å²) in [4.78, 5) is 15.2. The van der Waals surface area contributed by atoms with E-state index in [4.69, 9.17) is 15.0 Å². The molecule has 0 spiro atoms. The second-order valence-corrected chi connectivity index (χ2v) is 16.0. The Morgan fingerprint density at radius 3 is 1.61 bits per heavy atom. The fraction of sp³-hybridized carbons (Fsp3) is 0. The van der Waals surface area contributed by atoms with Crippen molar-refractivity contribution in [3.05, 3.63) is 188 Å². The molecule has 0 amide bonds. The highest BCUT2D eigenvalue weighted by molar-refractivity contribution is 7.27. The van der Waals surface area contributed by atoms with Crippen LogP contribution in [0.25, 0.3) is 108 Å².